The molecule has 78 valence electrons. The number of carbonyl (C=O) groups excluding carboxylic acids is 3. The summed E-state index contributed by atoms with van der Waals surface area (Å²) < 4.78 is 4.81. The molecule has 1 rings (SSSR count). The lowest BCUT2D eigenvalue weighted by Crippen LogP contribution is -2.06. The number of hydrogen-bond acceptors (Lipinski definition) is 4. The van der Waals surface area contributed by atoms with Crippen LogP contribution in [0.4, 0.5) is 0 Å². The zero-order valence-electron chi connectivity index (χ0n) is 8.44. The minimum atomic E-state index is -0.565. The molecule has 0 radical (unpaired) electrons. The van der Waals surface area contributed by atoms with Gasteiger partial charge in [-0.25, -0.2) is 0 Å². The van der Waals surface area contributed by atoms with Crippen LogP contribution in [0.2, 0.25) is 0 Å². The zero-order valence-corrected chi connectivity index (χ0v) is 8.44. The normalized spacial score (nSPS) is 9.47. The smallest absolute Gasteiger partial charge is 0.308 e. The molecule has 4 heteroatoms. The quantitative estimate of drug-likeness (QED) is 0.427. The third-order valence-corrected chi connectivity index (χ3v) is 1.79. The molecule has 0 unspecified atom stereocenters. The third-order valence-electron chi connectivity index (χ3n) is 1.79. The van der Waals surface area contributed by atoms with Gasteiger partial charge >= 0.3 is 5.97 Å². The van der Waals surface area contributed by atoms with Gasteiger partial charge in [-0.1, -0.05) is 0 Å². The number of carbonyl (C=O) groups is 3. The highest BCUT2D eigenvalue weighted by atomic mass is 16.5. The molecule has 0 saturated heterocycles. The monoisotopic (exact) mass is 206 g/mol. The standard InChI is InChI=1S/C11H10O4/c1-7-3-9(5-12)11(15-8(2)14)10(4-7)6-13/h3-6H,1-2H3. The molecule has 0 spiro atoms. The van der Waals surface area contributed by atoms with E-state index in [9.17, 15) is 14.4 Å². The Morgan fingerprint density at radius 1 is 1.20 bits per heavy atom. The molecule has 0 aliphatic heterocycles. The molecule has 0 fully saturated rings. The molecule has 15 heavy (non-hydrogen) atoms. The number of benzene rings is 1. The van der Waals surface area contributed by atoms with Gasteiger partial charge in [-0.2, -0.15) is 0 Å². The number of hydrogen-bond donors (Lipinski definition) is 0. The van der Waals surface area contributed by atoms with E-state index in [-0.39, 0.29) is 16.9 Å². The maximum Gasteiger partial charge on any atom is 0.308 e. The van der Waals surface area contributed by atoms with Crippen molar-refractivity contribution in [3.8, 4) is 5.75 Å². The van der Waals surface area contributed by atoms with E-state index >= 15 is 0 Å². The Morgan fingerprint density at radius 3 is 2.00 bits per heavy atom. The molecule has 1 aromatic carbocycles. The van der Waals surface area contributed by atoms with Gasteiger partial charge in [-0.15, -0.1) is 0 Å². The lowest BCUT2D eigenvalue weighted by molar-refractivity contribution is -0.131. The van der Waals surface area contributed by atoms with Gasteiger partial charge in [0.1, 0.15) is 0 Å². The van der Waals surface area contributed by atoms with Crippen LogP contribution in [-0.4, -0.2) is 18.5 Å². The summed E-state index contributed by atoms with van der Waals surface area (Å²) in [4.78, 5) is 32.2. The minimum Gasteiger partial charge on any atom is -0.425 e. The average molecular weight is 206 g/mol. The van der Waals surface area contributed by atoms with Gasteiger partial charge in [0.2, 0.25) is 0 Å². The van der Waals surface area contributed by atoms with Crippen molar-refractivity contribution in [2.75, 3.05) is 0 Å². The van der Waals surface area contributed by atoms with Crippen LogP contribution in [0.3, 0.4) is 0 Å². The second kappa shape index (κ2) is 4.50. The average Bonchev–Trinajstić information content (AvgIpc) is 2.19. The van der Waals surface area contributed by atoms with E-state index in [2.05, 4.69) is 0 Å². The van der Waals surface area contributed by atoms with Gasteiger partial charge in [0.05, 0.1) is 11.1 Å². The maximum absolute atomic E-state index is 10.8. The second-order valence-electron chi connectivity index (χ2n) is 3.10. The fourth-order valence-corrected chi connectivity index (χ4v) is 1.27. The summed E-state index contributed by atoms with van der Waals surface area (Å²) in [5, 5.41) is 0. The van der Waals surface area contributed by atoms with Crippen molar-refractivity contribution in [1.29, 1.82) is 0 Å². The van der Waals surface area contributed by atoms with E-state index < -0.39 is 5.97 Å². The molecule has 0 saturated carbocycles. The van der Waals surface area contributed by atoms with Crippen molar-refractivity contribution in [3.63, 3.8) is 0 Å². The molecular weight excluding hydrogens is 196 g/mol. The fourth-order valence-electron chi connectivity index (χ4n) is 1.27. The lowest BCUT2D eigenvalue weighted by atomic mass is 10.1. The van der Waals surface area contributed by atoms with E-state index in [1.807, 2.05) is 0 Å². The predicted octanol–water partition coefficient (Wildman–Crippen LogP) is 1.55. The fraction of sp³-hybridized carbons (Fsp3) is 0.182. The predicted molar refractivity (Wildman–Crippen MR) is 53.3 cm³/mol. The Balaban J connectivity index is 3.36. The molecule has 0 atom stereocenters. The Morgan fingerprint density at radius 2 is 1.67 bits per heavy atom. The first-order valence-corrected chi connectivity index (χ1v) is 4.32. The molecule has 0 N–H and O–H groups in total. The van der Waals surface area contributed by atoms with Crippen molar-refractivity contribution in [1.82, 2.24) is 0 Å². The molecule has 0 bridgehead atoms. The van der Waals surface area contributed by atoms with Crippen molar-refractivity contribution in [3.05, 3.63) is 28.8 Å². The van der Waals surface area contributed by atoms with E-state index in [0.717, 1.165) is 5.56 Å². The van der Waals surface area contributed by atoms with E-state index in [4.69, 9.17) is 4.74 Å². The van der Waals surface area contributed by atoms with Gasteiger partial charge in [0.25, 0.3) is 0 Å². The molecule has 0 aliphatic carbocycles. The number of esters is 1. The van der Waals surface area contributed by atoms with Gasteiger partial charge in [-0.05, 0) is 24.6 Å². The van der Waals surface area contributed by atoms with Crippen LogP contribution in [0.15, 0.2) is 12.1 Å². The Labute approximate surface area is 86.9 Å². The van der Waals surface area contributed by atoms with Gasteiger partial charge in [0.15, 0.2) is 18.3 Å². The molecule has 0 amide bonds. The first-order valence-electron chi connectivity index (χ1n) is 4.32. The van der Waals surface area contributed by atoms with E-state index in [1.165, 1.54) is 6.92 Å². The minimum absolute atomic E-state index is 0.0260. The summed E-state index contributed by atoms with van der Waals surface area (Å²) in [6, 6.07) is 3.11. The maximum atomic E-state index is 10.8. The van der Waals surface area contributed by atoms with Gasteiger partial charge in [-0.3, -0.25) is 14.4 Å². The van der Waals surface area contributed by atoms with Gasteiger partial charge in [0, 0.05) is 6.92 Å². The molecule has 0 heterocycles. The van der Waals surface area contributed by atoms with Crippen LogP contribution in [0, 0.1) is 6.92 Å². The lowest BCUT2D eigenvalue weighted by Gasteiger charge is -2.08. The Bertz CT molecular complexity index is 392. The highest BCUT2D eigenvalue weighted by Gasteiger charge is 2.12. The van der Waals surface area contributed by atoms with Crippen LogP contribution < -0.4 is 4.74 Å². The number of ether oxygens (including phenoxy) is 1. The SMILES string of the molecule is CC(=O)Oc1c(C=O)cc(C)cc1C=O. The highest BCUT2D eigenvalue weighted by Crippen LogP contribution is 2.23. The summed E-state index contributed by atoms with van der Waals surface area (Å²) in [6.45, 7) is 2.96. The highest BCUT2D eigenvalue weighted by molar-refractivity contribution is 5.90. The van der Waals surface area contributed by atoms with Crippen molar-refractivity contribution >= 4 is 18.5 Å². The largest absolute Gasteiger partial charge is 0.425 e. The van der Waals surface area contributed by atoms with Crippen molar-refractivity contribution in [2.24, 2.45) is 0 Å². The first-order chi connectivity index (χ1) is 7.08. The van der Waals surface area contributed by atoms with Crippen LogP contribution >= 0.6 is 0 Å². The van der Waals surface area contributed by atoms with E-state index in [0.29, 0.717) is 12.6 Å². The van der Waals surface area contributed by atoms with Crippen LogP contribution in [0.1, 0.15) is 33.2 Å². The Hall–Kier alpha value is -1.97. The molecular formula is C11H10O4. The van der Waals surface area contributed by atoms with Crippen molar-refractivity contribution in [2.45, 2.75) is 13.8 Å². The topological polar surface area (TPSA) is 60.4 Å². The van der Waals surface area contributed by atoms with Crippen molar-refractivity contribution < 1.29 is 19.1 Å². The summed E-state index contributed by atoms with van der Waals surface area (Å²) in [5.41, 5.74) is 1.16. The molecule has 1 aromatic rings. The molecule has 0 aromatic heterocycles. The number of aryl methyl sites for hydroxylation is 1. The van der Waals surface area contributed by atoms with Crippen LogP contribution in [-0.2, 0) is 4.79 Å². The number of aldehydes is 2. The second-order valence-corrected chi connectivity index (χ2v) is 3.10. The first kappa shape index (κ1) is 11.1. The summed E-state index contributed by atoms with van der Waals surface area (Å²) >= 11 is 0. The number of rotatable bonds is 3. The van der Waals surface area contributed by atoms with Crippen LogP contribution in [0.5, 0.6) is 5.75 Å². The molecule has 4 nitrogen and oxygen atoms in total. The Kier molecular flexibility index (Phi) is 3.33. The van der Waals surface area contributed by atoms with Gasteiger partial charge < -0.3 is 4.74 Å². The summed E-state index contributed by atoms with van der Waals surface area (Å²) in [5.74, 6) is -0.539. The third kappa shape index (κ3) is 2.49. The summed E-state index contributed by atoms with van der Waals surface area (Å²) in [7, 11) is 0. The molecule has 0 aliphatic rings. The summed E-state index contributed by atoms with van der Waals surface area (Å²) in [6.07, 6.45) is 1.11. The zero-order chi connectivity index (χ0) is 11.4. The van der Waals surface area contributed by atoms with Crippen LogP contribution in [0.25, 0.3) is 0 Å². The van der Waals surface area contributed by atoms with E-state index in [1.54, 1.807) is 19.1 Å².